The first-order valence-electron chi connectivity index (χ1n) is 9.87. The maximum Gasteiger partial charge on any atom is 0.266 e. The first kappa shape index (κ1) is 22.4. The second-order valence-electron chi connectivity index (χ2n) is 7.10. The number of halogens is 1. The summed E-state index contributed by atoms with van der Waals surface area (Å²) in [4.78, 5) is 15.1. The number of amides is 1. The number of hydrogen-bond acceptors (Lipinski definition) is 5. The van der Waals surface area contributed by atoms with E-state index in [-0.39, 0.29) is 5.91 Å². The monoisotopic (exact) mass is 481 g/mol. The first-order chi connectivity index (χ1) is 15.5. The zero-order chi connectivity index (χ0) is 22.5. The maximum atomic E-state index is 12.9. The van der Waals surface area contributed by atoms with Crippen molar-refractivity contribution in [1.29, 1.82) is 0 Å². The second kappa shape index (κ2) is 10.2. The number of thioether (sulfide) groups is 1. The van der Waals surface area contributed by atoms with Gasteiger partial charge in [-0.3, -0.25) is 9.69 Å². The molecule has 7 heteroatoms. The van der Waals surface area contributed by atoms with E-state index in [1.807, 2.05) is 78.9 Å². The van der Waals surface area contributed by atoms with Crippen LogP contribution in [0.15, 0.2) is 77.7 Å². The SMILES string of the molecule is COc1ccc(CN2C(=O)/C(=C/c3ccc(OCc4ccc(Cl)cc4)cc3)SC2=S)cc1. The van der Waals surface area contributed by atoms with Crippen LogP contribution in [0.2, 0.25) is 5.02 Å². The Kier molecular flexibility index (Phi) is 7.15. The highest BCUT2D eigenvalue weighted by molar-refractivity contribution is 8.26. The molecule has 0 saturated carbocycles. The van der Waals surface area contributed by atoms with Gasteiger partial charge in [0.2, 0.25) is 0 Å². The van der Waals surface area contributed by atoms with Gasteiger partial charge in [0, 0.05) is 5.02 Å². The molecule has 0 bridgehead atoms. The molecule has 32 heavy (non-hydrogen) atoms. The van der Waals surface area contributed by atoms with Crippen molar-refractivity contribution in [2.75, 3.05) is 7.11 Å². The van der Waals surface area contributed by atoms with E-state index in [1.165, 1.54) is 11.8 Å². The molecule has 1 aliphatic rings. The third-order valence-corrected chi connectivity index (χ3v) is 6.50. The van der Waals surface area contributed by atoms with Crippen LogP contribution in [-0.4, -0.2) is 22.2 Å². The van der Waals surface area contributed by atoms with Crippen molar-refractivity contribution in [2.45, 2.75) is 13.2 Å². The Bertz CT molecular complexity index is 1140. The van der Waals surface area contributed by atoms with Crippen molar-refractivity contribution in [3.8, 4) is 11.5 Å². The molecule has 1 saturated heterocycles. The minimum absolute atomic E-state index is 0.0844. The molecule has 1 heterocycles. The van der Waals surface area contributed by atoms with Crippen LogP contribution < -0.4 is 9.47 Å². The van der Waals surface area contributed by atoms with Gasteiger partial charge in [0.05, 0.1) is 18.6 Å². The van der Waals surface area contributed by atoms with E-state index in [2.05, 4.69) is 0 Å². The highest BCUT2D eigenvalue weighted by Crippen LogP contribution is 2.34. The fourth-order valence-corrected chi connectivity index (χ4v) is 4.49. The van der Waals surface area contributed by atoms with Crippen molar-refractivity contribution in [3.05, 3.63) is 99.4 Å². The number of thiocarbonyl (C=S) groups is 1. The topological polar surface area (TPSA) is 38.8 Å². The average Bonchev–Trinajstić information content (AvgIpc) is 3.07. The molecule has 3 aromatic rings. The van der Waals surface area contributed by atoms with Gasteiger partial charge in [-0.05, 0) is 59.2 Å². The molecule has 4 nitrogen and oxygen atoms in total. The Morgan fingerprint density at radius 2 is 1.56 bits per heavy atom. The molecule has 4 rings (SSSR count). The van der Waals surface area contributed by atoms with Gasteiger partial charge < -0.3 is 9.47 Å². The molecule has 0 spiro atoms. The van der Waals surface area contributed by atoms with Gasteiger partial charge in [0.1, 0.15) is 22.4 Å². The normalized spacial score (nSPS) is 14.8. The summed E-state index contributed by atoms with van der Waals surface area (Å²) in [6.07, 6.45) is 1.86. The van der Waals surface area contributed by atoms with Crippen LogP contribution in [0.3, 0.4) is 0 Å². The quantitative estimate of drug-likeness (QED) is 0.291. The molecule has 1 amide bonds. The fraction of sp³-hybridized carbons (Fsp3) is 0.120. The summed E-state index contributed by atoms with van der Waals surface area (Å²) in [6.45, 7) is 0.893. The summed E-state index contributed by atoms with van der Waals surface area (Å²) in [5, 5.41) is 0.701. The van der Waals surface area contributed by atoms with Crippen molar-refractivity contribution in [1.82, 2.24) is 4.90 Å². The van der Waals surface area contributed by atoms with Gasteiger partial charge in [-0.1, -0.05) is 72.0 Å². The summed E-state index contributed by atoms with van der Waals surface area (Å²) in [5.74, 6) is 1.45. The minimum atomic E-state index is -0.0844. The molecule has 1 fully saturated rings. The third-order valence-electron chi connectivity index (χ3n) is 4.87. The van der Waals surface area contributed by atoms with Crippen molar-refractivity contribution < 1.29 is 14.3 Å². The van der Waals surface area contributed by atoms with E-state index in [9.17, 15) is 4.79 Å². The summed E-state index contributed by atoms with van der Waals surface area (Å²) < 4.78 is 11.6. The smallest absolute Gasteiger partial charge is 0.266 e. The van der Waals surface area contributed by atoms with E-state index < -0.39 is 0 Å². The molecule has 0 unspecified atom stereocenters. The molecule has 0 radical (unpaired) electrons. The van der Waals surface area contributed by atoms with E-state index in [4.69, 9.17) is 33.3 Å². The Balaban J connectivity index is 1.39. The van der Waals surface area contributed by atoms with Gasteiger partial charge in [-0.15, -0.1) is 0 Å². The Morgan fingerprint density at radius 3 is 2.22 bits per heavy atom. The average molecular weight is 482 g/mol. The molecule has 0 N–H and O–H groups in total. The zero-order valence-corrected chi connectivity index (χ0v) is 19.7. The van der Waals surface area contributed by atoms with Crippen LogP contribution >= 0.6 is 35.6 Å². The molecule has 162 valence electrons. The fourth-order valence-electron chi connectivity index (χ4n) is 3.11. The van der Waals surface area contributed by atoms with Crippen molar-refractivity contribution >= 4 is 51.9 Å². The van der Waals surface area contributed by atoms with Gasteiger partial charge in [-0.2, -0.15) is 0 Å². The Hall–Kier alpha value is -2.80. The summed E-state index contributed by atoms with van der Waals surface area (Å²) in [7, 11) is 1.63. The van der Waals surface area contributed by atoms with Crippen LogP contribution in [-0.2, 0) is 17.9 Å². The number of carbonyl (C=O) groups is 1. The lowest BCUT2D eigenvalue weighted by atomic mass is 10.2. The van der Waals surface area contributed by atoms with Crippen molar-refractivity contribution in [3.63, 3.8) is 0 Å². The number of ether oxygens (including phenoxy) is 2. The third kappa shape index (κ3) is 5.51. The molecule has 1 aliphatic heterocycles. The number of methoxy groups -OCH3 is 1. The lowest BCUT2D eigenvalue weighted by Crippen LogP contribution is -2.27. The molecular formula is C25H20ClNO3S2. The molecular weight excluding hydrogens is 462 g/mol. The van der Waals surface area contributed by atoms with Crippen LogP contribution in [0.5, 0.6) is 11.5 Å². The van der Waals surface area contributed by atoms with Crippen LogP contribution in [0.25, 0.3) is 6.08 Å². The predicted molar refractivity (Wildman–Crippen MR) is 134 cm³/mol. The lowest BCUT2D eigenvalue weighted by Gasteiger charge is -2.14. The second-order valence-corrected chi connectivity index (χ2v) is 9.21. The van der Waals surface area contributed by atoms with Gasteiger partial charge in [0.15, 0.2) is 0 Å². The van der Waals surface area contributed by atoms with Crippen LogP contribution in [0.4, 0.5) is 0 Å². The molecule has 0 aliphatic carbocycles. The highest BCUT2D eigenvalue weighted by Gasteiger charge is 2.31. The molecule has 0 atom stereocenters. The van der Waals surface area contributed by atoms with Crippen LogP contribution in [0.1, 0.15) is 16.7 Å². The largest absolute Gasteiger partial charge is 0.497 e. The Labute approximate surface area is 201 Å². The molecule has 0 aromatic heterocycles. The standard InChI is InChI=1S/C25H20ClNO3S2/c1-29-21-10-6-18(7-11-21)15-27-24(28)23(32-25(27)31)14-17-4-12-22(13-5-17)30-16-19-2-8-20(26)9-3-19/h2-14H,15-16H2,1H3/b23-14-. The maximum absolute atomic E-state index is 12.9. The minimum Gasteiger partial charge on any atom is -0.497 e. The first-order valence-corrected chi connectivity index (χ1v) is 11.5. The Morgan fingerprint density at radius 1 is 0.938 bits per heavy atom. The van der Waals surface area contributed by atoms with Gasteiger partial charge >= 0.3 is 0 Å². The number of hydrogen-bond donors (Lipinski definition) is 0. The van der Waals surface area contributed by atoms with Gasteiger partial charge in [-0.25, -0.2) is 0 Å². The number of carbonyl (C=O) groups excluding carboxylic acids is 1. The summed E-state index contributed by atoms with van der Waals surface area (Å²) >= 11 is 12.7. The predicted octanol–water partition coefficient (Wildman–Crippen LogP) is 6.33. The van der Waals surface area contributed by atoms with Crippen LogP contribution in [0, 0.1) is 0 Å². The van der Waals surface area contributed by atoms with E-state index in [0.29, 0.717) is 27.4 Å². The number of nitrogens with zero attached hydrogens (tertiary/aromatic N) is 1. The van der Waals surface area contributed by atoms with E-state index >= 15 is 0 Å². The summed E-state index contributed by atoms with van der Waals surface area (Å²) in [5.41, 5.74) is 2.94. The zero-order valence-electron chi connectivity index (χ0n) is 17.3. The van der Waals surface area contributed by atoms with Gasteiger partial charge in [0.25, 0.3) is 5.91 Å². The summed E-state index contributed by atoms with van der Waals surface area (Å²) in [6, 6.07) is 22.8. The van der Waals surface area contributed by atoms with E-state index in [1.54, 1.807) is 12.0 Å². The number of rotatable bonds is 7. The van der Waals surface area contributed by atoms with Crippen molar-refractivity contribution in [2.24, 2.45) is 0 Å². The lowest BCUT2D eigenvalue weighted by molar-refractivity contribution is -0.122. The highest BCUT2D eigenvalue weighted by atomic mass is 35.5. The number of benzene rings is 3. The molecule has 3 aromatic carbocycles. The van der Waals surface area contributed by atoms with E-state index in [0.717, 1.165) is 28.2 Å².